The lowest BCUT2D eigenvalue weighted by Crippen LogP contribution is -2.26. The summed E-state index contributed by atoms with van der Waals surface area (Å²) in [7, 11) is 3.22. The number of ether oxygens (including phenoxy) is 2. The molecular formula is C31H31N5O3S2. The number of aryl methyl sites for hydroxylation is 1. The first kappa shape index (κ1) is 28.4. The molecule has 0 aliphatic rings. The van der Waals surface area contributed by atoms with Gasteiger partial charge in [-0.15, -0.1) is 21.5 Å². The fourth-order valence-electron chi connectivity index (χ4n) is 4.40. The van der Waals surface area contributed by atoms with Crippen LogP contribution in [-0.2, 0) is 18.6 Å². The van der Waals surface area contributed by atoms with Crippen LogP contribution in [0, 0.1) is 6.92 Å². The SMILES string of the molecule is COc1ccc(CCNC(=O)c2csc(CSc3nnc(Cc4ccccc4)n3-c3ccccc3C)n2)cc1OC. The summed E-state index contributed by atoms with van der Waals surface area (Å²) in [6.07, 6.45) is 1.34. The van der Waals surface area contributed by atoms with Crippen LogP contribution in [0.5, 0.6) is 11.5 Å². The zero-order chi connectivity index (χ0) is 28.6. The molecule has 0 saturated heterocycles. The van der Waals surface area contributed by atoms with Gasteiger partial charge in [0.2, 0.25) is 0 Å². The maximum absolute atomic E-state index is 12.8. The number of thiazole rings is 1. The zero-order valence-corrected chi connectivity index (χ0v) is 24.8. The van der Waals surface area contributed by atoms with Gasteiger partial charge < -0.3 is 14.8 Å². The highest BCUT2D eigenvalue weighted by Crippen LogP contribution is 2.29. The van der Waals surface area contributed by atoms with E-state index in [1.54, 1.807) is 31.4 Å². The maximum Gasteiger partial charge on any atom is 0.270 e. The Kier molecular flexibility index (Phi) is 9.33. The van der Waals surface area contributed by atoms with Crippen LogP contribution in [0.4, 0.5) is 0 Å². The molecule has 8 nitrogen and oxygen atoms in total. The number of para-hydroxylation sites is 1. The zero-order valence-electron chi connectivity index (χ0n) is 23.2. The number of nitrogens with one attached hydrogen (secondary N) is 1. The Morgan fingerprint density at radius 2 is 1.73 bits per heavy atom. The number of carbonyl (C=O) groups excluding carboxylic acids is 1. The van der Waals surface area contributed by atoms with Crippen molar-refractivity contribution in [2.75, 3.05) is 20.8 Å². The number of rotatable bonds is 12. The van der Waals surface area contributed by atoms with Crippen molar-refractivity contribution in [1.82, 2.24) is 25.1 Å². The molecule has 0 spiro atoms. The fourth-order valence-corrected chi connectivity index (χ4v) is 6.15. The summed E-state index contributed by atoms with van der Waals surface area (Å²) in [5, 5.41) is 15.5. The molecule has 41 heavy (non-hydrogen) atoms. The van der Waals surface area contributed by atoms with Crippen LogP contribution < -0.4 is 14.8 Å². The summed E-state index contributed by atoms with van der Waals surface area (Å²) in [6, 6.07) is 24.3. The molecule has 210 valence electrons. The van der Waals surface area contributed by atoms with Crippen LogP contribution in [0.25, 0.3) is 5.69 Å². The van der Waals surface area contributed by atoms with Gasteiger partial charge in [0.25, 0.3) is 5.91 Å². The number of benzene rings is 3. The lowest BCUT2D eigenvalue weighted by atomic mass is 10.1. The summed E-state index contributed by atoms with van der Waals surface area (Å²) in [6.45, 7) is 2.58. The third-order valence-electron chi connectivity index (χ3n) is 6.52. The molecule has 0 atom stereocenters. The minimum absolute atomic E-state index is 0.189. The minimum atomic E-state index is -0.189. The predicted octanol–water partition coefficient (Wildman–Crippen LogP) is 5.91. The highest BCUT2D eigenvalue weighted by Gasteiger charge is 2.18. The average molecular weight is 586 g/mol. The number of nitrogens with zero attached hydrogens (tertiary/aromatic N) is 4. The molecule has 5 rings (SSSR count). The number of amides is 1. The predicted molar refractivity (Wildman–Crippen MR) is 163 cm³/mol. The Labute approximate surface area is 247 Å². The van der Waals surface area contributed by atoms with E-state index in [1.165, 1.54) is 16.9 Å². The summed E-state index contributed by atoms with van der Waals surface area (Å²) in [4.78, 5) is 17.3. The highest BCUT2D eigenvalue weighted by atomic mass is 32.2. The van der Waals surface area contributed by atoms with Crippen molar-refractivity contribution in [3.05, 3.63) is 111 Å². The quantitative estimate of drug-likeness (QED) is 0.182. The number of hydrogen-bond donors (Lipinski definition) is 1. The van der Waals surface area contributed by atoms with Crippen LogP contribution in [0.3, 0.4) is 0 Å². The van der Waals surface area contributed by atoms with Gasteiger partial charge in [-0.2, -0.15) is 0 Å². The van der Waals surface area contributed by atoms with E-state index in [1.807, 2.05) is 48.5 Å². The van der Waals surface area contributed by atoms with Gasteiger partial charge >= 0.3 is 0 Å². The van der Waals surface area contributed by atoms with Gasteiger partial charge in [0, 0.05) is 18.3 Å². The third-order valence-corrected chi connectivity index (χ3v) is 8.49. The van der Waals surface area contributed by atoms with Crippen molar-refractivity contribution < 1.29 is 14.3 Å². The Morgan fingerprint density at radius 1 is 0.951 bits per heavy atom. The number of thioether (sulfide) groups is 1. The molecule has 0 bridgehead atoms. The van der Waals surface area contributed by atoms with E-state index < -0.39 is 0 Å². The minimum Gasteiger partial charge on any atom is -0.493 e. The van der Waals surface area contributed by atoms with Gasteiger partial charge in [0.1, 0.15) is 16.5 Å². The molecule has 0 unspecified atom stereocenters. The van der Waals surface area contributed by atoms with E-state index in [-0.39, 0.29) is 5.91 Å². The molecule has 5 aromatic rings. The second-order valence-corrected chi connectivity index (χ2v) is 11.2. The Morgan fingerprint density at radius 3 is 2.51 bits per heavy atom. The topological polar surface area (TPSA) is 91.2 Å². The van der Waals surface area contributed by atoms with E-state index in [2.05, 4.69) is 56.3 Å². The largest absolute Gasteiger partial charge is 0.493 e. The summed E-state index contributed by atoms with van der Waals surface area (Å²) in [5.74, 6) is 2.62. The van der Waals surface area contributed by atoms with Crippen molar-refractivity contribution in [3.8, 4) is 17.2 Å². The summed E-state index contributed by atoms with van der Waals surface area (Å²) in [5.41, 5.74) is 4.84. The van der Waals surface area contributed by atoms with Crippen molar-refractivity contribution >= 4 is 29.0 Å². The van der Waals surface area contributed by atoms with Crippen molar-refractivity contribution in [2.45, 2.75) is 30.7 Å². The highest BCUT2D eigenvalue weighted by molar-refractivity contribution is 7.98. The van der Waals surface area contributed by atoms with Crippen LogP contribution in [-0.4, -0.2) is 46.4 Å². The van der Waals surface area contributed by atoms with Gasteiger partial charge in [0.15, 0.2) is 16.7 Å². The van der Waals surface area contributed by atoms with E-state index in [0.717, 1.165) is 32.8 Å². The first-order chi connectivity index (χ1) is 20.1. The van der Waals surface area contributed by atoms with Gasteiger partial charge in [-0.3, -0.25) is 9.36 Å². The molecular weight excluding hydrogens is 555 g/mol. The molecule has 3 aromatic carbocycles. The Bertz CT molecular complexity index is 1620. The summed E-state index contributed by atoms with van der Waals surface area (Å²) >= 11 is 3.03. The van der Waals surface area contributed by atoms with Gasteiger partial charge in [-0.05, 0) is 48.2 Å². The molecule has 0 aliphatic carbocycles. The molecule has 1 amide bonds. The van der Waals surface area contributed by atoms with Crippen molar-refractivity contribution in [3.63, 3.8) is 0 Å². The molecule has 0 aliphatic heterocycles. The Balaban J connectivity index is 1.23. The van der Waals surface area contributed by atoms with E-state index in [9.17, 15) is 4.79 Å². The number of carbonyl (C=O) groups is 1. The lowest BCUT2D eigenvalue weighted by molar-refractivity contribution is 0.0949. The molecule has 2 heterocycles. The molecule has 0 saturated carbocycles. The fraction of sp³-hybridized carbons (Fsp3) is 0.226. The standard InChI is InChI=1S/C31H31N5O3S2/c1-21-9-7-8-12-25(21)36-28(18-22-10-5-4-6-11-22)34-35-31(36)41-20-29-33-24(19-40-29)30(37)32-16-15-23-13-14-26(38-2)27(17-23)39-3/h4-14,17,19H,15-16,18,20H2,1-3H3,(H,32,37). The Hall–Kier alpha value is -4.15. The van der Waals surface area contributed by atoms with Gasteiger partial charge in [0.05, 0.1) is 25.7 Å². The molecule has 0 fully saturated rings. The number of methoxy groups -OCH3 is 2. The van der Waals surface area contributed by atoms with Crippen molar-refractivity contribution in [1.29, 1.82) is 0 Å². The van der Waals surface area contributed by atoms with Gasteiger partial charge in [-0.25, -0.2) is 4.98 Å². The van der Waals surface area contributed by atoms with Crippen LogP contribution in [0.1, 0.15) is 38.0 Å². The van der Waals surface area contributed by atoms with E-state index in [4.69, 9.17) is 9.47 Å². The number of hydrogen-bond acceptors (Lipinski definition) is 8. The third kappa shape index (κ3) is 6.96. The van der Waals surface area contributed by atoms with Crippen LogP contribution in [0.2, 0.25) is 0 Å². The molecule has 2 aromatic heterocycles. The second kappa shape index (κ2) is 13.5. The normalized spacial score (nSPS) is 10.9. The second-order valence-electron chi connectivity index (χ2n) is 9.29. The number of aromatic nitrogens is 4. The lowest BCUT2D eigenvalue weighted by Gasteiger charge is -2.12. The monoisotopic (exact) mass is 585 g/mol. The first-order valence-electron chi connectivity index (χ1n) is 13.2. The molecule has 0 radical (unpaired) electrons. The molecule has 10 heteroatoms. The molecule has 1 N–H and O–H groups in total. The van der Waals surface area contributed by atoms with Crippen LogP contribution in [0.15, 0.2) is 83.3 Å². The van der Waals surface area contributed by atoms with Crippen LogP contribution >= 0.6 is 23.1 Å². The summed E-state index contributed by atoms with van der Waals surface area (Å²) < 4.78 is 12.8. The van der Waals surface area contributed by atoms with Gasteiger partial charge in [-0.1, -0.05) is 66.4 Å². The average Bonchev–Trinajstić information content (AvgIpc) is 3.64. The van der Waals surface area contributed by atoms with E-state index in [0.29, 0.717) is 42.3 Å². The van der Waals surface area contributed by atoms with E-state index >= 15 is 0 Å². The first-order valence-corrected chi connectivity index (χ1v) is 15.0. The van der Waals surface area contributed by atoms with Crippen molar-refractivity contribution in [2.24, 2.45) is 0 Å². The maximum atomic E-state index is 12.8. The smallest absolute Gasteiger partial charge is 0.270 e.